The van der Waals surface area contributed by atoms with Gasteiger partial charge in [0.2, 0.25) is 0 Å². The van der Waals surface area contributed by atoms with Crippen LogP contribution < -0.4 is 4.72 Å². The molecule has 1 N–H and O–H groups in total. The number of nitrogens with zero attached hydrogens (tertiary/aromatic N) is 1. The number of rotatable bonds is 5. The summed E-state index contributed by atoms with van der Waals surface area (Å²) < 4.78 is 34.2. The van der Waals surface area contributed by atoms with Gasteiger partial charge in [0.15, 0.2) is 0 Å². The maximum atomic E-state index is 12.4. The van der Waals surface area contributed by atoms with Crippen LogP contribution in [0, 0.1) is 0 Å². The zero-order chi connectivity index (χ0) is 17.0. The van der Waals surface area contributed by atoms with Gasteiger partial charge in [-0.15, -0.1) is 0 Å². The average Bonchev–Trinajstić information content (AvgIpc) is 2.63. The standard InChI is InChI=1S/C18H22N2O3S/c1-15(19-24(21,22)20-11-13-23-14-12-20)16-7-9-18(10-8-16)17-5-3-2-4-6-17/h2-10,15,19H,11-14H2,1H3/t15-/m1/s1. The number of ether oxygens (including phenoxy) is 1. The molecule has 6 heteroatoms. The van der Waals surface area contributed by atoms with Crippen LogP contribution in [0.1, 0.15) is 18.5 Å². The highest BCUT2D eigenvalue weighted by Crippen LogP contribution is 2.22. The van der Waals surface area contributed by atoms with Crippen molar-refractivity contribution in [2.24, 2.45) is 0 Å². The Labute approximate surface area is 143 Å². The molecule has 0 spiro atoms. The highest BCUT2D eigenvalue weighted by molar-refractivity contribution is 7.87. The fourth-order valence-electron chi connectivity index (χ4n) is 2.75. The lowest BCUT2D eigenvalue weighted by atomic mass is 10.0. The van der Waals surface area contributed by atoms with Gasteiger partial charge in [-0.25, -0.2) is 0 Å². The largest absolute Gasteiger partial charge is 0.379 e. The quantitative estimate of drug-likeness (QED) is 0.905. The first kappa shape index (κ1) is 17.1. The Kier molecular flexibility index (Phi) is 5.30. The Bertz CT molecular complexity index is 755. The van der Waals surface area contributed by atoms with E-state index in [1.807, 2.05) is 49.4 Å². The van der Waals surface area contributed by atoms with E-state index in [0.29, 0.717) is 26.3 Å². The second kappa shape index (κ2) is 7.44. The number of hydrogen-bond acceptors (Lipinski definition) is 3. The van der Waals surface area contributed by atoms with Crippen molar-refractivity contribution in [2.75, 3.05) is 26.3 Å². The van der Waals surface area contributed by atoms with Crippen LogP contribution in [0.4, 0.5) is 0 Å². The van der Waals surface area contributed by atoms with Gasteiger partial charge in [0, 0.05) is 19.1 Å². The van der Waals surface area contributed by atoms with Gasteiger partial charge < -0.3 is 4.74 Å². The van der Waals surface area contributed by atoms with Crippen molar-refractivity contribution < 1.29 is 13.2 Å². The molecule has 2 aromatic rings. The van der Waals surface area contributed by atoms with Gasteiger partial charge in [-0.1, -0.05) is 54.6 Å². The van der Waals surface area contributed by atoms with Crippen LogP contribution in [0.2, 0.25) is 0 Å². The van der Waals surface area contributed by atoms with Crippen molar-refractivity contribution in [3.8, 4) is 11.1 Å². The Balaban J connectivity index is 1.70. The molecule has 3 rings (SSSR count). The van der Waals surface area contributed by atoms with Crippen LogP contribution in [0.3, 0.4) is 0 Å². The van der Waals surface area contributed by atoms with E-state index >= 15 is 0 Å². The van der Waals surface area contributed by atoms with Gasteiger partial charge in [-0.3, -0.25) is 0 Å². The molecule has 5 nitrogen and oxygen atoms in total. The molecular formula is C18H22N2O3S. The third kappa shape index (κ3) is 4.02. The number of benzene rings is 2. The molecule has 1 atom stereocenters. The lowest BCUT2D eigenvalue weighted by Gasteiger charge is -2.27. The van der Waals surface area contributed by atoms with E-state index in [1.165, 1.54) is 4.31 Å². The molecule has 0 saturated carbocycles. The van der Waals surface area contributed by atoms with Crippen LogP contribution in [0.5, 0.6) is 0 Å². The molecule has 1 heterocycles. The molecule has 0 aliphatic carbocycles. The number of nitrogens with one attached hydrogen (secondary N) is 1. The first-order valence-electron chi connectivity index (χ1n) is 8.07. The van der Waals surface area contributed by atoms with E-state index in [9.17, 15) is 8.42 Å². The van der Waals surface area contributed by atoms with Crippen LogP contribution in [-0.4, -0.2) is 39.0 Å². The summed E-state index contributed by atoms with van der Waals surface area (Å²) in [7, 11) is -3.49. The van der Waals surface area contributed by atoms with Gasteiger partial charge >= 0.3 is 0 Å². The predicted molar refractivity (Wildman–Crippen MR) is 94.7 cm³/mol. The first-order chi connectivity index (χ1) is 11.6. The van der Waals surface area contributed by atoms with Gasteiger partial charge in [0.25, 0.3) is 10.2 Å². The minimum atomic E-state index is -3.49. The van der Waals surface area contributed by atoms with Crippen molar-refractivity contribution in [3.05, 3.63) is 60.2 Å². The monoisotopic (exact) mass is 346 g/mol. The molecule has 1 saturated heterocycles. The predicted octanol–water partition coefficient (Wildman–Crippen LogP) is 2.58. The van der Waals surface area contributed by atoms with Crippen LogP contribution in [0.15, 0.2) is 54.6 Å². The van der Waals surface area contributed by atoms with Crippen molar-refractivity contribution in [1.29, 1.82) is 0 Å². The van der Waals surface area contributed by atoms with Crippen LogP contribution >= 0.6 is 0 Å². The summed E-state index contributed by atoms with van der Waals surface area (Å²) >= 11 is 0. The molecule has 1 fully saturated rings. The summed E-state index contributed by atoms with van der Waals surface area (Å²) in [5.74, 6) is 0. The normalized spacial score (nSPS) is 17.5. The molecule has 0 bridgehead atoms. The highest BCUT2D eigenvalue weighted by atomic mass is 32.2. The Morgan fingerprint density at radius 2 is 1.54 bits per heavy atom. The topological polar surface area (TPSA) is 58.6 Å². The van der Waals surface area contributed by atoms with E-state index in [4.69, 9.17) is 4.74 Å². The number of morpholine rings is 1. The van der Waals surface area contributed by atoms with Crippen molar-refractivity contribution in [3.63, 3.8) is 0 Å². The summed E-state index contributed by atoms with van der Waals surface area (Å²) in [5, 5.41) is 0. The highest BCUT2D eigenvalue weighted by Gasteiger charge is 2.26. The summed E-state index contributed by atoms with van der Waals surface area (Å²) in [5.41, 5.74) is 3.19. The molecule has 0 amide bonds. The number of hydrogen-bond donors (Lipinski definition) is 1. The van der Waals surface area contributed by atoms with Gasteiger partial charge in [0.1, 0.15) is 0 Å². The SMILES string of the molecule is C[C@@H](NS(=O)(=O)N1CCOCC1)c1ccc(-c2ccccc2)cc1. The third-order valence-corrected chi connectivity index (χ3v) is 5.85. The molecule has 24 heavy (non-hydrogen) atoms. The van der Waals surface area contributed by atoms with Crippen LogP contribution in [-0.2, 0) is 14.9 Å². The van der Waals surface area contributed by atoms with Crippen LogP contribution in [0.25, 0.3) is 11.1 Å². The Hall–Kier alpha value is -1.73. The van der Waals surface area contributed by atoms with Crippen molar-refractivity contribution in [2.45, 2.75) is 13.0 Å². The lowest BCUT2D eigenvalue weighted by molar-refractivity contribution is 0.0723. The van der Waals surface area contributed by atoms with Gasteiger partial charge in [-0.05, 0) is 23.6 Å². The van der Waals surface area contributed by atoms with E-state index in [0.717, 1.165) is 16.7 Å². The molecule has 0 radical (unpaired) electrons. The lowest BCUT2D eigenvalue weighted by Crippen LogP contribution is -2.47. The summed E-state index contributed by atoms with van der Waals surface area (Å²) in [4.78, 5) is 0. The Morgan fingerprint density at radius 1 is 0.958 bits per heavy atom. The molecule has 2 aromatic carbocycles. The molecule has 1 aliphatic rings. The fraction of sp³-hybridized carbons (Fsp3) is 0.333. The maximum absolute atomic E-state index is 12.4. The van der Waals surface area contributed by atoms with E-state index in [1.54, 1.807) is 0 Å². The first-order valence-corrected chi connectivity index (χ1v) is 9.51. The van der Waals surface area contributed by atoms with Crippen molar-refractivity contribution >= 4 is 10.2 Å². The smallest absolute Gasteiger partial charge is 0.280 e. The summed E-state index contributed by atoms with van der Waals surface area (Å²) in [6.45, 7) is 3.54. The molecular weight excluding hydrogens is 324 g/mol. The van der Waals surface area contributed by atoms with E-state index < -0.39 is 10.2 Å². The average molecular weight is 346 g/mol. The summed E-state index contributed by atoms with van der Waals surface area (Å²) in [6, 6.07) is 17.8. The zero-order valence-electron chi connectivity index (χ0n) is 13.7. The Morgan fingerprint density at radius 3 is 2.17 bits per heavy atom. The molecule has 1 aliphatic heterocycles. The minimum absolute atomic E-state index is 0.289. The van der Waals surface area contributed by atoms with Gasteiger partial charge in [-0.2, -0.15) is 17.4 Å². The second-order valence-electron chi connectivity index (χ2n) is 5.84. The molecule has 0 aromatic heterocycles. The zero-order valence-corrected chi connectivity index (χ0v) is 14.5. The van der Waals surface area contributed by atoms with Crippen molar-refractivity contribution in [1.82, 2.24) is 9.03 Å². The second-order valence-corrected chi connectivity index (χ2v) is 7.55. The fourth-order valence-corrected chi connectivity index (χ4v) is 4.11. The molecule has 0 unspecified atom stereocenters. The third-order valence-electron chi connectivity index (χ3n) is 4.15. The van der Waals surface area contributed by atoms with E-state index in [-0.39, 0.29) is 6.04 Å². The minimum Gasteiger partial charge on any atom is -0.379 e. The summed E-state index contributed by atoms with van der Waals surface area (Å²) in [6.07, 6.45) is 0. The maximum Gasteiger partial charge on any atom is 0.280 e. The molecule has 128 valence electrons. The van der Waals surface area contributed by atoms with Gasteiger partial charge in [0.05, 0.1) is 13.2 Å². The van der Waals surface area contributed by atoms with E-state index in [2.05, 4.69) is 16.9 Å².